The third-order valence-electron chi connectivity index (χ3n) is 7.67. The zero-order valence-electron chi connectivity index (χ0n) is 24.0. The molecule has 0 radical (unpaired) electrons. The fourth-order valence-electron chi connectivity index (χ4n) is 5.94. The predicted molar refractivity (Wildman–Crippen MR) is 151 cm³/mol. The maximum atomic E-state index is 13.7. The van der Waals surface area contributed by atoms with Crippen molar-refractivity contribution in [2.45, 2.75) is 92.4 Å². The van der Waals surface area contributed by atoms with Crippen molar-refractivity contribution < 1.29 is 24.6 Å². The first-order chi connectivity index (χ1) is 17.8. The summed E-state index contributed by atoms with van der Waals surface area (Å²) >= 11 is 0. The predicted octanol–water partition coefficient (Wildman–Crippen LogP) is 5.62. The summed E-state index contributed by atoms with van der Waals surface area (Å²) in [5.74, 6) is -2.43. The van der Waals surface area contributed by atoms with E-state index in [1.165, 1.54) is 12.1 Å². The number of hydrogen-bond donors (Lipinski definition) is 2. The van der Waals surface area contributed by atoms with Crippen LogP contribution in [0.15, 0.2) is 24.3 Å². The Kier molecular flexibility index (Phi) is 9.16. The third kappa shape index (κ3) is 5.84. The number of benzene rings is 2. The first-order valence-electron chi connectivity index (χ1n) is 13.6. The average Bonchev–Trinajstić information content (AvgIpc) is 3.09. The van der Waals surface area contributed by atoms with E-state index in [-0.39, 0.29) is 29.0 Å². The van der Waals surface area contributed by atoms with Gasteiger partial charge in [-0.15, -0.1) is 0 Å². The smallest absolute Gasteiger partial charge is 0.336 e. The Labute approximate surface area is 226 Å². The molecule has 2 N–H and O–H groups in total. The molecule has 0 saturated carbocycles. The molecule has 7 nitrogen and oxygen atoms in total. The van der Waals surface area contributed by atoms with Crippen molar-refractivity contribution in [1.82, 2.24) is 9.80 Å². The van der Waals surface area contributed by atoms with Gasteiger partial charge in [0.1, 0.15) is 0 Å². The Hall–Kier alpha value is -3.03. The Balaban J connectivity index is 2.21. The van der Waals surface area contributed by atoms with Gasteiger partial charge in [0, 0.05) is 48.4 Å². The van der Waals surface area contributed by atoms with Gasteiger partial charge in [0.2, 0.25) is 0 Å². The normalized spacial score (nSPS) is 12.9. The van der Waals surface area contributed by atoms with E-state index in [4.69, 9.17) is 0 Å². The van der Waals surface area contributed by atoms with Gasteiger partial charge in [-0.1, -0.05) is 6.07 Å². The Morgan fingerprint density at radius 1 is 0.711 bits per heavy atom. The molecule has 0 spiro atoms. The molecule has 0 aromatic heterocycles. The van der Waals surface area contributed by atoms with Crippen molar-refractivity contribution in [3.8, 4) is 11.1 Å². The molecule has 0 aliphatic heterocycles. The SMILES string of the molecule is CC(C)N(CCc1cc2c(c(CCN(C(C)C)C(C)C)c1C(=O)O)C(=O)c1cc(C(=O)O)ccc1-2)C(C)C. The van der Waals surface area contributed by atoms with Crippen molar-refractivity contribution in [2.24, 2.45) is 0 Å². The number of carbonyl (C=O) groups is 3. The van der Waals surface area contributed by atoms with Crippen LogP contribution in [0.4, 0.5) is 0 Å². The lowest BCUT2D eigenvalue weighted by Gasteiger charge is -2.32. The first-order valence-corrected chi connectivity index (χ1v) is 13.6. The summed E-state index contributed by atoms with van der Waals surface area (Å²) in [6.45, 7) is 18.3. The summed E-state index contributed by atoms with van der Waals surface area (Å²) in [7, 11) is 0. The van der Waals surface area contributed by atoms with E-state index < -0.39 is 11.9 Å². The quantitative estimate of drug-likeness (QED) is 0.319. The van der Waals surface area contributed by atoms with Gasteiger partial charge in [0.05, 0.1) is 11.1 Å². The molecule has 0 bridgehead atoms. The minimum absolute atomic E-state index is 0.0421. The minimum Gasteiger partial charge on any atom is -0.478 e. The van der Waals surface area contributed by atoms with Crippen LogP contribution in [-0.2, 0) is 12.8 Å². The van der Waals surface area contributed by atoms with Gasteiger partial charge < -0.3 is 10.2 Å². The molecule has 2 aromatic rings. The van der Waals surface area contributed by atoms with Crippen molar-refractivity contribution in [1.29, 1.82) is 0 Å². The van der Waals surface area contributed by atoms with Gasteiger partial charge in [0.25, 0.3) is 0 Å². The number of carboxylic acid groups (broad SMARTS) is 2. The third-order valence-corrected chi connectivity index (χ3v) is 7.67. The topological polar surface area (TPSA) is 98.2 Å². The van der Waals surface area contributed by atoms with E-state index in [2.05, 4.69) is 65.2 Å². The van der Waals surface area contributed by atoms with Gasteiger partial charge in [-0.3, -0.25) is 14.6 Å². The number of carboxylic acids is 2. The molecule has 1 aliphatic carbocycles. The number of rotatable bonds is 12. The van der Waals surface area contributed by atoms with Crippen LogP contribution in [0.2, 0.25) is 0 Å². The van der Waals surface area contributed by atoms with Gasteiger partial charge >= 0.3 is 11.9 Å². The van der Waals surface area contributed by atoms with E-state index in [0.29, 0.717) is 71.4 Å². The molecule has 0 atom stereocenters. The lowest BCUT2D eigenvalue weighted by molar-refractivity contribution is 0.0684. The van der Waals surface area contributed by atoms with Crippen LogP contribution in [0.1, 0.15) is 103 Å². The molecule has 3 rings (SSSR count). The number of nitrogens with zero attached hydrogens (tertiary/aromatic N) is 2. The number of hydrogen-bond acceptors (Lipinski definition) is 5. The highest BCUT2D eigenvalue weighted by molar-refractivity contribution is 6.24. The molecule has 0 fully saturated rings. The zero-order chi connectivity index (χ0) is 28.5. The Morgan fingerprint density at radius 3 is 1.71 bits per heavy atom. The summed E-state index contributed by atoms with van der Waals surface area (Å²) in [4.78, 5) is 42.7. The van der Waals surface area contributed by atoms with Crippen molar-refractivity contribution in [3.05, 3.63) is 57.6 Å². The van der Waals surface area contributed by atoms with Crippen molar-refractivity contribution in [3.63, 3.8) is 0 Å². The van der Waals surface area contributed by atoms with Crippen LogP contribution in [-0.4, -0.2) is 75.0 Å². The second-order valence-corrected chi connectivity index (χ2v) is 11.4. The average molecular weight is 523 g/mol. The highest BCUT2D eigenvalue weighted by Crippen LogP contribution is 2.42. The van der Waals surface area contributed by atoms with Gasteiger partial charge in [-0.05, 0) is 109 Å². The van der Waals surface area contributed by atoms with Crippen molar-refractivity contribution in [2.75, 3.05) is 13.1 Å². The first kappa shape index (κ1) is 29.5. The van der Waals surface area contributed by atoms with Crippen LogP contribution in [0, 0.1) is 0 Å². The van der Waals surface area contributed by atoms with Gasteiger partial charge in [0.15, 0.2) is 5.78 Å². The molecule has 0 heterocycles. The van der Waals surface area contributed by atoms with E-state index >= 15 is 0 Å². The second-order valence-electron chi connectivity index (χ2n) is 11.4. The molecular weight excluding hydrogens is 480 g/mol. The molecule has 206 valence electrons. The summed E-state index contributed by atoms with van der Waals surface area (Å²) in [5, 5.41) is 19.9. The monoisotopic (exact) mass is 522 g/mol. The van der Waals surface area contributed by atoms with Crippen LogP contribution in [0.25, 0.3) is 11.1 Å². The van der Waals surface area contributed by atoms with Gasteiger partial charge in [-0.25, -0.2) is 9.59 Å². The van der Waals surface area contributed by atoms with E-state index in [9.17, 15) is 24.6 Å². The molecule has 38 heavy (non-hydrogen) atoms. The summed E-state index contributed by atoms with van der Waals surface area (Å²) in [6.07, 6.45) is 0.949. The summed E-state index contributed by atoms with van der Waals surface area (Å²) in [5.41, 5.74) is 3.62. The number of aromatic carboxylic acids is 2. The molecule has 0 unspecified atom stereocenters. The van der Waals surface area contributed by atoms with Crippen LogP contribution >= 0.6 is 0 Å². The molecule has 1 aliphatic rings. The molecule has 2 aromatic carbocycles. The summed E-state index contributed by atoms with van der Waals surface area (Å²) < 4.78 is 0. The van der Waals surface area contributed by atoms with E-state index in [1.54, 1.807) is 6.07 Å². The molecule has 0 amide bonds. The second kappa shape index (κ2) is 11.8. The number of ketones is 1. The lowest BCUT2D eigenvalue weighted by Crippen LogP contribution is -2.39. The molecule has 0 saturated heterocycles. The molecule has 7 heteroatoms. The van der Waals surface area contributed by atoms with Gasteiger partial charge in [-0.2, -0.15) is 0 Å². The zero-order valence-corrected chi connectivity index (χ0v) is 24.0. The fourth-order valence-corrected chi connectivity index (χ4v) is 5.94. The fraction of sp³-hybridized carbons (Fsp3) is 0.516. The van der Waals surface area contributed by atoms with Crippen molar-refractivity contribution >= 4 is 17.7 Å². The number of carbonyl (C=O) groups excluding carboxylic acids is 1. The Morgan fingerprint density at radius 2 is 1.24 bits per heavy atom. The highest BCUT2D eigenvalue weighted by atomic mass is 16.4. The molecular formula is C31H42N2O5. The Bertz CT molecular complexity index is 1210. The highest BCUT2D eigenvalue weighted by Gasteiger charge is 2.34. The standard InChI is InChI=1S/C31H42N2O5/c1-17(2)32(18(3)4)13-11-21-15-25-23-10-9-22(30(35)36)16-26(23)29(34)28(25)24(27(21)31(37)38)12-14-33(19(5)6)20(7)8/h9-10,15-20H,11-14H2,1-8H3,(H,35,36)(H,37,38). The number of fused-ring (bicyclic) bond motifs is 3. The van der Waals surface area contributed by atoms with Crippen LogP contribution in [0.5, 0.6) is 0 Å². The maximum Gasteiger partial charge on any atom is 0.336 e. The van der Waals surface area contributed by atoms with E-state index in [1.807, 2.05) is 6.07 Å². The maximum absolute atomic E-state index is 13.7. The van der Waals surface area contributed by atoms with E-state index in [0.717, 1.165) is 0 Å². The van der Waals surface area contributed by atoms with Crippen LogP contribution < -0.4 is 0 Å². The van der Waals surface area contributed by atoms with Crippen LogP contribution in [0.3, 0.4) is 0 Å². The lowest BCUT2D eigenvalue weighted by atomic mass is 9.88. The largest absolute Gasteiger partial charge is 0.478 e. The minimum atomic E-state index is -1.10. The summed E-state index contributed by atoms with van der Waals surface area (Å²) in [6, 6.07) is 7.59.